The third kappa shape index (κ3) is 6.27. The summed E-state index contributed by atoms with van der Waals surface area (Å²) in [5, 5.41) is -0.691. The summed E-state index contributed by atoms with van der Waals surface area (Å²) in [5.41, 5.74) is 2.56. The molecule has 6 heteroatoms. The number of hydrogen-bond acceptors (Lipinski definition) is 4. The van der Waals surface area contributed by atoms with Gasteiger partial charge in [0.25, 0.3) is 0 Å². The van der Waals surface area contributed by atoms with E-state index in [2.05, 4.69) is 6.58 Å². The molecule has 0 radical (unpaired) electrons. The van der Waals surface area contributed by atoms with Crippen LogP contribution in [0.25, 0.3) is 0 Å². The van der Waals surface area contributed by atoms with Gasteiger partial charge in [-0.05, 0) is 53.3 Å². The third-order valence-electron chi connectivity index (χ3n) is 5.90. The summed E-state index contributed by atoms with van der Waals surface area (Å²) in [4.78, 5) is 0. The molecule has 180 valence electrons. The Hall–Kier alpha value is -3.09. The topological polar surface area (TPSA) is 55.8 Å². The zero-order valence-electron chi connectivity index (χ0n) is 20.1. The minimum atomic E-state index is -3.74. The van der Waals surface area contributed by atoms with Gasteiger partial charge in [-0.3, -0.25) is 0 Å². The minimum absolute atomic E-state index is 0.140. The third-order valence-corrected chi connectivity index (χ3v) is 8.26. The lowest BCUT2D eigenvalue weighted by Crippen LogP contribution is -2.36. The van der Waals surface area contributed by atoms with Gasteiger partial charge in [0.1, 0.15) is 16.7 Å². The number of hydrogen-bond donors (Lipinski definition) is 0. The van der Waals surface area contributed by atoms with E-state index in [9.17, 15) is 8.42 Å². The van der Waals surface area contributed by atoms with Crippen molar-refractivity contribution in [2.24, 2.45) is 5.92 Å². The molecule has 0 aromatic heterocycles. The number of benzene rings is 3. The standard InChI is InChI=1S/C28H33NO4S/c1-5-9-22(2)28(25-10-7-6-8-11-25)34(30,31)29(20-23-12-16-26(32-3)17-13-23)21-24-14-18-27(33-4)19-15-24/h5-8,10-19,22,28H,1,9,20-21H2,2-4H3/t22-,28+/m0/s1. The second-order valence-electron chi connectivity index (χ2n) is 8.34. The van der Waals surface area contributed by atoms with Crippen LogP contribution in [0.3, 0.4) is 0 Å². The Balaban J connectivity index is 2.03. The van der Waals surface area contributed by atoms with Crippen LogP contribution in [0.5, 0.6) is 11.5 Å². The van der Waals surface area contributed by atoms with Crippen molar-refractivity contribution in [3.63, 3.8) is 0 Å². The van der Waals surface area contributed by atoms with Crippen molar-refractivity contribution in [2.75, 3.05) is 14.2 Å². The summed E-state index contributed by atoms with van der Waals surface area (Å²) in [6.07, 6.45) is 2.38. The van der Waals surface area contributed by atoms with Gasteiger partial charge >= 0.3 is 0 Å². The summed E-state index contributed by atoms with van der Waals surface area (Å²) >= 11 is 0. The van der Waals surface area contributed by atoms with Crippen LogP contribution in [0.4, 0.5) is 0 Å². The van der Waals surface area contributed by atoms with Crippen LogP contribution in [-0.2, 0) is 23.1 Å². The first-order chi connectivity index (χ1) is 16.4. The molecule has 0 aliphatic heterocycles. The zero-order valence-corrected chi connectivity index (χ0v) is 20.9. The highest BCUT2D eigenvalue weighted by molar-refractivity contribution is 7.89. The normalized spacial score (nSPS) is 13.3. The van der Waals surface area contributed by atoms with Gasteiger partial charge in [-0.15, -0.1) is 6.58 Å². The minimum Gasteiger partial charge on any atom is -0.497 e. The van der Waals surface area contributed by atoms with Crippen molar-refractivity contribution in [3.05, 3.63) is 108 Å². The molecule has 0 saturated heterocycles. The summed E-state index contributed by atoms with van der Waals surface area (Å²) in [6, 6.07) is 24.5. The molecule has 3 aromatic rings. The lowest BCUT2D eigenvalue weighted by atomic mass is 9.97. The van der Waals surface area contributed by atoms with Gasteiger partial charge in [0.05, 0.1) is 14.2 Å². The van der Waals surface area contributed by atoms with E-state index in [0.717, 1.165) is 28.2 Å². The Bertz CT molecular complexity index is 1090. The summed E-state index contributed by atoms with van der Waals surface area (Å²) in [6.45, 7) is 6.31. The summed E-state index contributed by atoms with van der Waals surface area (Å²) < 4.78 is 40.6. The van der Waals surface area contributed by atoms with Gasteiger partial charge in [-0.25, -0.2) is 8.42 Å². The number of methoxy groups -OCH3 is 2. The molecule has 3 aromatic carbocycles. The van der Waals surface area contributed by atoms with E-state index >= 15 is 0 Å². The maximum atomic E-state index is 14.2. The fraction of sp³-hybridized carbons (Fsp3) is 0.286. The molecule has 0 aliphatic rings. The molecule has 5 nitrogen and oxygen atoms in total. The molecular formula is C28H33NO4S. The predicted molar refractivity (Wildman–Crippen MR) is 137 cm³/mol. The summed E-state index contributed by atoms with van der Waals surface area (Å²) in [5.74, 6) is 1.32. The van der Waals surface area contributed by atoms with E-state index < -0.39 is 15.3 Å². The Morgan fingerprint density at radius 2 is 1.29 bits per heavy atom. The van der Waals surface area contributed by atoms with Gasteiger partial charge in [-0.1, -0.05) is 67.6 Å². The Kier molecular flexibility index (Phi) is 8.91. The molecule has 0 saturated carbocycles. The lowest BCUT2D eigenvalue weighted by Gasteiger charge is -2.31. The molecule has 0 N–H and O–H groups in total. The number of rotatable bonds is 12. The van der Waals surface area contributed by atoms with E-state index in [4.69, 9.17) is 9.47 Å². The number of sulfonamides is 1. The molecule has 0 spiro atoms. The van der Waals surface area contributed by atoms with Gasteiger partial charge in [0, 0.05) is 13.1 Å². The SMILES string of the molecule is C=CC[C@H](C)[C@H](c1ccccc1)S(=O)(=O)N(Cc1ccc(OC)cc1)Cc1ccc(OC)cc1. The maximum Gasteiger partial charge on any atom is 0.222 e. The molecule has 34 heavy (non-hydrogen) atoms. The highest BCUT2D eigenvalue weighted by Crippen LogP contribution is 2.36. The second-order valence-corrected chi connectivity index (χ2v) is 10.4. The van der Waals surface area contributed by atoms with Crippen LogP contribution in [0.1, 0.15) is 35.3 Å². The fourth-order valence-corrected chi connectivity index (χ4v) is 6.27. The van der Waals surface area contributed by atoms with Crippen molar-refractivity contribution in [1.82, 2.24) is 4.31 Å². The number of allylic oxidation sites excluding steroid dienone is 1. The quantitative estimate of drug-likeness (QED) is 0.300. The largest absolute Gasteiger partial charge is 0.497 e. The first kappa shape index (κ1) is 25.5. The van der Waals surface area contributed by atoms with Crippen LogP contribution in [0, 0.1) is 5.92 Å². The highest BCUT2D eigenvalue weighted by Gasteiger charge is 2.37. The van der Waals surface area contributed by atoms with Crippen LogP contribution >= 0.6 is 0 Å². The van der Waals surface area contributed by atoms with E-state index in [1.807, 2.05) is 85.8 Å². The van der Waals surface area contributed by atoms with E-state index in [1.54, 1.807) is 24.6 Å². The molecular weight excluding hydrogens is 446 g/mol. The number of nitrogens with zero attached hydrogens (tertiary/aromatic N) is 1. The van der Waals surface area contributed by atoms with E-state index in [-0.39, 0.29) is 19.0 Å². The second kappa shape index (κ2) is 11.9. The van der Waals surface area contributed by atoms with Crippen LogP contribution < -0.4 is 9.47 Å². The highest BCUT2D eigenvalue weighted by atomic mass is 32.2. The van der Waals surface area contributed by atoms with Crippen LogP contribution in [0.2, 0.25) is 0 Å². The van der Waals surface area contributed by atoms with Crippen LogP contribution in [-0.4, -0.2) is 26.9 Å². The maximum absolute atomic E-state index is 14.2. The average Bonchev–Trinajstić information content (AvgIpc) is 2.85. The molecule has 0 amide bonds. The fourth-order valence-electron chi connectivity index (χ4n) is 4.09. The van der Waals surface area contributed by atoms with E-state index in [0.29, 0.717) is 6.42 Å². The predicted octanol–water partition coefficient (Wildman–Crippen LogP) is 5.99. The average molecular weight is 480 g/mol. The Labute approximate surface area is 203 Å². The van der Waals surface area contributed by atoms with Gasteiger partial charge in [0.2, 0.25) is 10.0 Å². The van der Waals surface area contributed by atoms with Crippen molar-refractivity contribution in [2.45, 2.75) is 31.7 Å². The molecule has 3 rings (SSSR count). The number of ether oxygens (including phenoxy) is 2. The monoisotopic (exact) mass is 479 g/mol. The Morgan fingerprint density at radius 1 is 0.824 bits per heavy atom. The summed E-state index contributed by atoms with van der Waals surface area (Å²) in [7, 11) is -0.518. The molecule has 0 bridgehead atoms. The van der Waals surface area contributed by atoms with Gasteiger partial charge in [-0.2, -0.15) is 4.31 Å². The lowest BCUT2D eigenvalue weighted by molar-refractivity contribution is 0.379. The van der Waals surface area contributed by atoms with Crippen molar-refractivity contribution in [1.29, 1.82) is 0 Å². The smallest absolute Gasteiger partial charge is 0.222 e. The van der Waals surface area contributed by atoms with Crippen molar-refractivity contribution in [3.8, 4) is 11.5 Å². The molecule has 0 fully saturated rings. The molecule has 0 heterocycles. The van der Waals surface area contributed by atoms with Crippen LogP contribution in [0.15, 0.2) is 91.5 Å². The van der Waals surface area contributed by atoms with Gasteiger partial charge in [0.15, 0.2) is 0 Å². The first-order valence-electron chi connectivity index (χ1n) is 11.3. The molecule has 2 atom stereocenters. The Morgan fingerprint density at radius 3 is 1.71 bits per heavy atom. The van der Waals surface area contributed by atoms with Gasteiger partial charge < -0.3 is 9.47 Å². The zero-order chi connectivity index (χ0) is 24.6. The molecule has 0 aliphatic carbocycles. The van der Waals surface area contributed by atoms with Crippen molar-refractivity contribution >= 4 is 10.0 Å². The van der Waals surface area contributed by atoms with E-state index in [1.165, 1.54) is 0 Å². The molecule has 0 unspecified atom stereocenters. The first-order valence-corrected chi connectivity index (χ1v) is 12.8. The van der Waals surface area contributed by atoms with Crippen molar-refractivity contribution < 1.29 is 17.9 Å².